The van der Waals surface area contributed by atoms with Crippen molar-refractivity contribution in [1.82, 2.24) is 15.2 Å². The number of nitrogens with zero attached hydrogens (tertiary/aromatic N) is 1. The van der Waals surface area contributed by atoms with E-state index in [2.05, 4.69) is 16.4 Å². The highest BCUT2D eigenvalue weighted by atomic mass is 16.5. The van der Waals surface area contributed by atoms with Crippen molar-refractivity contribution in [3.63, 3.8) is 0 Å². The Kier molecular flexibility index (Phi) is 6.59. The van der Waals surface area contributed by atoms with E-state index in [-0.39, 0.29) is 30.8 Å². The van der Waals surface area contributed by atoms with Crippen LogP contribution in [0.5, 0.6) is 17.2 Å². The van der Waals surface area contributed by atoms with Crippen LogP contribution < -0.4 is 19.5 Å². The number of aryl methyl sites for hydroxylation is 1. The van der Waals surface area contributed by atoms with Crippen LogP contribution in [0.4, 0.5) is 0 Å². The van der Waals surface area contributed by atoms with Crippen LogP contribution in [-0.4, -0.2) is 49.1 Å². The highest BCUT2D eigenvalue weighted by Crippen LogP contribution is 2.36. The molecule has 0 saturated carbocycles. The molecule has 0 spiro atoms. The van der Waals surface area contributed by atoms with Crippen LogP contribution in [0.25, 0.3) is 17.0 Å². The van der Waals surface area contributed by atoms with Gasteiger partial charge in [0.05, 0.1) is 33.3 Å². The molecule has 8 heteroatoms. The monoisotopic (exact) mass is 489 g/mol. The Hall–Kier alpha value is -3.94. The molecular formula is C28H31N3O5. The molecule has 1 aromatic heterocycles. The summed E-state index contributed by atoms with van der Waals surface area (Å²) < 4.78 is 16.4. The molecule has 2 amide bonds. The Morgan fingerprint density at radius 2 is 1.97 bits per heavy atom. The van der Waals surface area contributed by atoms with Gasteiger partial charge in [0, 0.05) is 22.8 Å². The fourth-order valence-corrected chi connectivity index (χ4v) is 5.14. The molecule has 3 aromatic rings. The number of carbonyl (C=O) groups excluding carboxylic acids is 2. The van der Waals surface area contributed by atoms with Gasteiger partial charge in [-0.05, 0) is 79.3 Å². The van der Waals surface area contributed by atoms with Gasteiger partial charge in [0.1, 0.15) is 12.3 Å². The first-order chi connectivity index (χ1) is 17.5. The topological polar surface area (TPSA) is 92.9 Å². The van der Waals surface area contributed by atoms with Gasteiger partial charge in [0.2, 0.25) is 11.8 Å². The minimum atomic E-state index is -0.194. The summed E-state index contributed by atoms with van der Waals surface area (Å²) in [5, 5.41) is 4.30. The molecule has 2 aromatic carbocycles. The minimum Gasteiger partial charge on any atom is -0.494 e. The Labute approximate surface area is 210 Å². The molecule has 1 atom stereocenters. The maximum atomic E-state index is 13.1. The summed E-state index contributed by atoms with van der Waals surface area (Å²) in [5.41, 5.74) is 5.01. The second-order valence-corrected chi connectivity index (χ2v) is 9.09. The van der Waals surface area contributed by atoms with Gasteiger partial charge in [0.15, 0.2) is 11.5 Å². The Morgan fingerprint density at radius 1 is 1.17 bits per heavy atom. The fraction of sp³-hybridized carbons (Fsp3) is 0.357. The zero-order valence-electron chi connectivity index (χ0n) is 20.8. The van der Waals surface area contributed by atoms with Crippen LogP contribution in [0.3, 0.4) is 0 Å². The molecule has 2 N–H and O–H groups in total. The van der Waals surface area contributed by atoms with E-state index in [0.29, 0.717) is 18.1 Å². The van der Waals surface area contributed by atoms with Crippen LogP contribution >= 0.6 is 0 Å². The minimum absolute atomic E-state index is 0.0435. The number of amides is 2. The number of hydrogen-bond donors (Lipinski definition) is 2. The zero-order valence-corrected chi connectivity index (χ0v) is 20.8. The normalized spacial score (nSPS) is 16.8. The van der Waals surface area contributed by atoms with Crippen molar-refractivity contribution >= 4 is 28.8 Å². The molecule has 0 unspecified atom stereocenters. The van der Waals surface area contributed by atoms with Crippen molar-refractivity contribution in [2.45, 2.75) is 38.6 Å². The summed E-state index contributed by atoms with van der Waals surface area (Å²) >= 11 is 0. The second kappa shape index (κ2) is 9.97. The number of H-pyrrole nitrogens is 1. The first kappa shape index (κ1) is 23.8. The van der Waals surface area contributed by atoms with Crippen molar-refractivity contribution in [3.05, 3.63) is 58.9 Å². The number of ether oxygens (including phenoxy) is 3. The van der Waals surface area contributed by atoms with Gasteiger partial charge in [-0.15, -0.1) is 0 Å². The molecule has 1 aliphatic carbocycles. The van der Waals surface area contributed by atoms with Crippen LogP contribution in [0, 0.1) is 0 Å². The third-order valence-corrected chi connectivity index (χ3v) is 6.88. The zero-order chi connectivity index (χ0) is 25.2. The van der Waals surface area contributed by atoms with Gasteiger partial charge in [-0.2, -0.15) is 0 Å². The SMILES string of the molecule is CCOc1ccc2[nH]c3c(c2c1)CCC[C@@H]3NC(=O)CN1C=Cc2cc(OC)c(OC)cc2CC1=O. The summed E-state index contributed by atoms with van der Waals surface area (Å²) in [5.74, 6) is 1.68. The summed E-state index contributed by atoms with van der Waals surface area (Å²) in [6.07, 6.45) is 6.46. The molecule has 0 bridgehead atoms. The molecular weight excluding hydrogens is 458 g/mol. The van der Waals surface area contributed by atoms with Gasteiger partial charge in [-0.3, -0.25) is 9.59 Å². The molecule has 5 rings (SSSR count). The van der Waals surface area contributed by atoms with Gasteiger partial charge in [-0.1, -0.05) is 0 Å². The smallest absolute Gasteiger partial charge is 0.240 e. The van der Waals surface area contributed by atoms with E-state index in [9.17, 15) is 9.59 Å². The number of aromatic nitrogens is 1. The Balaban J connectivity index is 1.31. The lowest BCUT2D eigenvalue weighted by Gasteiger charge is -2.25. The van der Waals surface area contributed by atoms with Gasteiger partial charge in [-0.25, -0.2) is 0 Å². The molecule has 1 aliphatic heterocycles. The van der Waals surface area contributed by atoms with Crippen LogP contribution in [0.1, 0.15) is 48.2 Å². The first-order valence-electron chi connectivity index (χ1n) is 12.3. The molecule has 2 heterocycles. The van der Waals surface area contributed by atoms with E-state index in [1.54, 1.807) is 20.4 Å². The maximum Gasteiger partial charge on any atom is 0.240 e. The maximum absolute atomic E-state index is 13.1. The number of fused-ring (bicyclic) bond motifs is 4. The third-order valence-electron chi connectivity index (χ3n) is 6.88. The molecule has 0 radical (unpaired) electrons. The standard InChI is InChI=1S/C28H31N3O5/c1-4-36-19-8-9-22-21(15-19)20-6-5-7-23(28(20)30-22)29-26(32)16-31-11-10-17-12-24(34-2)25(35-3)13-18(17)14-27(31)33/h8-13,15,23,30H,4-7,14,16H2,1-3H3,(H,29,32)/t23-/m0/s1. The van der Waals surface area contributed by atoms with Crippen LogP contribution in [0.2, 0.25) is 0 Å². The van der Waals surface area contributed by atoms with E-state index >= 15 is 0 Å². The van der Waals surface area contributed by atoms with E-state index in [0.717, 1.165) is 52.7 Å². The fourth-order valence-electron chi connectivity index (χ4n) is 5.14. The van der Waals surface area contributed by atoms with Crippen LogP contribution in [-0.2, 0) is 22.4 Å². The molecule has 36 heavy (non-hydrogen) atoms. The van der Waals surface area contributed by atoms with Gasteiger partial charge < -0.3 is 29.4 Å². The quantitative estimate of drug-likeness (QED) is 0.521. The number of rotatable bonds is 7. The first-order valence-corrected chi connectivity index (χ1v) is 12.3. The summed E-state index contributed by atoms with van der Waals surface area (Å²) in [6.45, 7) is 2.55. The highest BCUT2D eigenvalue weighted by Gasteiger charge is 2.27. The Bertz CT molecular complexity index is 1340. The number of nitrogens with one attached hydrogen (secondary N) is 2. The summed E-state index contributed by atoms with van der Waals surface area (Å²) in [6, 6.07) is 9.59. The molecule has 0 saturated heterocycles. The van der Waals surface area contributed by atoms with E-state index in [1.807, 2.05) is 37.3 Å². The number of hydrogen-bond acceptors (Lipinski definition) is 5. The summed E-state index contributed by atoms with van der Waals surface area (Å²) in [4.78, 5) is 31.0. The second-order valence-electron chi connectivity index (χ2n) is 9.09. The number of carbonyl (C=O) groups is 2. The van der Waals surface area contributed by atoms with E-state index < -0.39 is 0 Å². The average molecular weight is 490 g/mol. The van der Waals surface area contributed by atoms with Crippen molar-refractivity contribution in [1.29, 1.82) is 0 Å². The third kappa shape index (κ3) is 4.51. The van der Waals surface area contributed by atoms with Crippen molar-refractivity contribution in [3.8, 4) is 17.2 Å². The molecule has 188 valence electrons. The predicted molar refractivity (Wildman–Crippen MR) is 137 cm³/mol. The largest absolute Gasteiger partial charge is 0.494 e. The molecule has 8 nitrogen and oxygen atoms in total. The van der Waals surface area contributed by atoms with Crippen molar-refractivity contribution in [2.75, 3.05) is 27.4 Å². The van der Waals surface area contributed by atoms with Gasteiger partial charge >= 0.3 is 0 Å². The predicted octanol–water partition coefficient (Wildman–Crippen LogP) is 4.13. The number of aromatic amines is 1. The number of methoxy groups -OCH3 is 2. The highest BCUT2D eigenvalue weighted by molar-refractivity contribution is 5.90. The lowest BCUT2D eigenvalue weighted by atomic mass is 9.91. The lowest BCUT2D eigenvalue weighted by Crippen LogP contribution is -2.40. The molecule has 2 aliphatic rings. The average Bonchev–Trinajstić information content (AvgIpc) is 3.18. The lowest BCUT2D eigenvalue weighted by molar-refractivity contribution is -0.133. The van der Waals surface area contributed by atoms with Crippen molar-refractivity contribution < 1.29 is 23.8 Å². The Morgan fingerprint density at radius 3 is 2.75 bits per heavy atom. The number of benzene rings is 2. The van der Waals surface area contributed by atoms with Gasteiger partial charge in [0.25, 0.3) is 0 Å². The van der Waals surface area contributed by atoms with E-state index in [1.165, 1.54) is 10.5 Å². The van der Waals surface area contributed by atoms with Crippen molar-refractivity contribution in [2.24, 2.45) is 0 Å². The summed E-state index contributed by atoms with van der Waals surface area (Å²) in [7, 11) is 3.14. The van der Waals surface area contributed by atoms with Crippen LogP contribution in [0.15, 0.2) is 36.5 Å². The van der Waals surface area contributed by atoms with E-state index in [4.69, 9.17) is 14.2 Å². The molecule has 0 fully saturated rings.